The Morgan fingerprint density at radius 2 is 1.05 bits per heavy atom. The third-order valence-corrected chi connectivity index (χ3v) is 17.0. The second kappa shape index (κ2) is 16.5. The van der Waals surface area contributed by atoms with Crippen LogP contribution in [0.2, 0.25) is 0 Å². The molecule has 0 saturated carbocycles. The summed E-state index contributed by atoms with van der Waals surface area (Å²) in [5.41, 5.74) is 25.4. The van der Waals surface area contributed by atoms with Crippen molar-refractivity contribution in [3.63, 3.8) is 0 Å². The van der Waals surface area contributed by atoms with Gasteiger partial charge in [-0.2, -0.15) is 0 Å². The lowest BCUT2D eigenvalue weighted by molar-refractivity contribution is 0.590. The third-order valence-electron chi connectivity index (χ3n) is 17.0. The smallest absolute Gasteiger partial charge is 0.0714 e. The van der Waals surface area contributed by atoms with Gasteiger partial charge in [-0.05, 0) is 157 Å². The second-order valence-electron chi connectivity index (χ2n) is 22.4. The third kappa shape index (κ3) is 6.57. The summed E-state index contributed by atoms with van der Waals surface area (Å²) in [7, 11) is 0. The van der Waals surface area contributed by atoms with Crippen LogP contribution in [0.25, 0.3) is 61.3 Å². The molecule has 0 unspecified atom stereocenters. The summed E-state index contributed by atoms with van der Waals surface area (Å²) in [6.45, 7) is 11.7. The van der Waals surface area contributed by atoms with Crippen molar-refractivity contribution >= 4 is 50.4 Å². The molecule has 3 aliphatic carbocycles. The number of hydrogen-bond donors (Lipinski definition) is 0. The van der Waals surface area contributed by atoms with Gasteiger partial charge in [0.1, 0.15) is 0 Å². The van der Waals surface area contributed by atoms with Crippen molar-refractivity contribution in [1.29, 1.82) is 0 Å². The number of fused-ring (bicyclic) bond motifs is 10. The first kappa shape index (κ1) is 44.3. The van der Waals surface area contributed by atoms with Crippen LogP contribution < -0.4 is 4.90 Å². The molecule has 0 saturated heterocycles. The number of aromatic nitrogens is 1. The van der Waals surface area contributed by atoms with Gasteiger partial charge in [0.2, 0.25) is 0 Å². The van der Waals surface area contributed by atoms with Crippen LogP contribution in [0.4, 0.5) is 17.1 Å². The maximum absolute atomic E-state index is 2.57. The van der Waals surface area contributed by atoms with Crippen LogP contribution in [0.1, 0.15) is 96.8 Å². The minimum Gasteiger partial charge on any atom is -0.313 e. The lowest BCUT2D eigenvalue weighted by Crippen LogP contribution is -2.28. The van der Waals surface area contributed by atoms with Gasteiger partial charge in [-0.3, -0.25) is 0 Å². The predicted octanol–water partition coefficient (Wildman–Crippen LogP) is 18.7. The highest BCUT2D eigenvalue weighted by Gasteiger charge is 2.46. The predicted molar refractivity (Wildman–Crippen MR) is 312 cm³/mol. The van der Waals surface area contributed by atoms with Crippen LogP contribution in [0.3, 0.4) is 0 Å². The number of rotatable bonds is 7. The Bertz CT molecular complexity index is 4020. The zero-order chi connectivity index (χ0) is 49.9. The Labute approximate surface area is 435 Å². The molecule has 74 heavy (non-hydrogen) atoms. The minimum absolute atomic E-state index is 0.0664. The lowest BCUT2D eigenvalue weighted by Gasteiger charge is -2.34. The SMILES string of the molecule is CC(C)(C)c1ccc(N(c2ccc3c(c2)C(C)(C)c2cc(C4=Cc5c(n(-c6ccc7c(c6)C(c6ccccc6)(c6ccccc6)c6ccccc6-7)c6ccccc56)CC4)ccc2-3)c2cccc3ccccc23)cc1. The fourth-order valence-electron chi connectivity index (χ4n) is 13.3. The van der Waals surface area contributed by atoms with E-state index in [1.54, 1.807) is 0 Å². The Balaban J connectivity index is 0.859. The van der Waals surface area contributed by atoms with Gasteiger partial charge in [-0.1, -0.05) is 211 Å². The number of anilines is 3. The van der Waals surface area contributed by atoms with E-state index in [1.807, 2.05) is 0 Å². The summed E-state index contributed by atoms with van der Waals surface area (Å²) in [6, 6.07) is 86.8. The van der Waals surface area contributed by atoms with Crippen molar-refractivity contribution in [1.82, 2.24) is 4.57 Å². The van der Waals surface area contributed by atoms with Gasteiger partial charge >= 0.3 is 0 Å². The van der Waals surface area contributed by atoms with Gasteiger partial charge in [-0.15, -0.1) is 0 Å². The highest BCUT2D eigenvalue weighted by molar-refractivity contribution is 6.01. The number of benzene rings is 10. The van der Waals surface area contributed by atoms with Crippen molar-refractivity contribution in [2.24, 2.45) is 0 Å². The number of allylic oxidation sites excluding steroid dienone is 1. The van der Waals surface area contributed by atoms with E-state index >= 15 is 0 Å². The molecule has 1 heterocycles. The van der Waals surface area contributed by atoms with Crippen molar-refractivity contribution in [2.75, 3.05) is 4.90 Å². The first-order chi connectivity index (χ1) is 36.1. The lowest BCUT2D eigenvalue weighted by atomic mass is 9.67. The average molecular weight is 951 g/mol. The first-order valence-corrected chi connectivity index (χ1v) is 26.5. The van der Waals surface area contributed by atoms with E-state index in [4.69, 9.17) is 0 Å². The van der Waals surface area contributed by atoms with Crippen LogP contribution in [-0.2, 0) is 22.7 Å². The molecule has 2 heteroatoms. The molecule has 0 bridgehead atoms. The molecule has 0 amide bonds. The van der Waals surface area contributed by atoms with E-state index in [-0.39, 0.29) is 10.8 Å². The van der Waals surface area contributed by atoms with E-state index in [9.17, 15) is 0 Å². The summed E-state index contributed by atoms with van der Waals surface area (Å²) in [5.74, 6) is 0. The maximum Gasteiger partial charge on any atom is 0.0714 e. The van der Waals surface area contributed by atoms with E-state index in [0.717, 1.165) is 18.5 Å². The van der Waals surface area contributed by atoms with Crippen LogP contribution in [0, 0.1) is 0 Å². The van der Waals surface area contributed by atoms with Crippen LogP contribution in [0.15, 0.2) is 231 Å². The molecule has 11 aromatic rings. The number of nitrogens with zero attached hydrogens (tertiary/aromatic N) is 2. The zero-order valence-corrected chi connectivity index (χ0v) is 42.8. The van der Waals surface area contributed by atoms with E-state index in [2.05, 4.69) is 281 Å². The van der Waals surface area contributed by atoms with Gasteiger partial charge in [-0.25, -0.2) is 0 Å². The fourth-order valence-corrected chi connectivity index (χ4v) is 13.3. The molecule has 10 aromatic carbocycles. The van der Waals surface area contributed by atoms with Crippen LogP contribution in [-0.4, -0.2) is 4.57 Å². The average Bonchev–Trinajstić information content (AvgIpc) is 4.01. The van der Waals surface area contributed by atoms with Crippen molar-refractivity contribution < 1.29 is 0 Å². The van der Waals surface area contributed by atoms with Gasteiger partial charge in [0.05, 0.1) is 16.6 Å². The van der Waals surface area contributed by atoms with E-state index in [1.165, 1.54) is 122 Å². The normalized spacial score (nSPS) is 14.7. The molecule has 3 aliphatic rings. The zero-order valence-electron chi connectivity index (χ0n) is 42.8. The highest BCUT2D eigenvalue weighted by atomic mass is 15.1. The molecular formula is C72H58N2. The molecule has 14 rings (SSSR count). The summed E-state index contributed by atoms with van der Waals surface area (Å²) in [6.07, 6.45) is 4.42. The molecular weight excluding hydrogens is 893 g/mol. The van der Waals surface area contributed by atoms with Crippen LogP contribution >= 0.6 is 0 Å². The van der Waals surface area contributed by atoms with E-state index < -0.39 is 5.41 Å². The fraction of sp³-hybridized carbons (Fsp3) is 0.139. The van der Waals surface area contributed by atoms with Crippen molar-refractivity contribution in [2.45, 2.75) is 63.7 Å². The van der Waals surface area contributed by atoms with Crippen molar-refractivity contribution in [3.05, 3.63) is 286 Å². The molecule has 0 fully saturated rings. The number of hydrogen-bond acceptors (Lipinski definition) is 1. The van der Waals surface area contributed by atoms with Crippen LogP contribution in [0.5, 0.6) is 0 Å². The molecule has 356 valence electrons. The molecule has 0 aliphatic heterocycles. The Morgan fingerprint density at radius 3 is 1.81 bits per heavy atom. The Morgan fingerprint density at radius 1 is 0.459 bits per heavy atom. The molecule has 1 aromatic heterocycles. The standard InChI is InChI=1S/C72H58N2/c1-70(2,3)50-33-35-53(36-34-50)73(67-30-18-20-47-19-12-13-25-56(47)67)54-37-40-59-58-39-31-49(44-64(58)71(4,5)65(59)45-54)48-32-42-69-62(43-48)61-27-15-17-29-68(61)74(69)55-38-41-60-57-26-14-16-28-63(57)72(66(60)46-55,51-21-8-6-9-22-51)52-23-10-7-11-24-52/h6-31,33-41,43-46H,32,42H2,1-5H3. The van der Waals surface area contributed by atoms with E-state index in [0.29, 0.717) is 0 Å². The van der Waals surface area contributed by atoms with Crippen molar-refractivity contribution in [3.8, 4) is 27.9 Å². The summed E-state index contributed by atoms with van der Waals surface area (Å²) in [4.78, 5) is 2.46. The Kier molecular flexibility index (Phi) is 9.89. The van der Waals surface area contributed by atoms with Gasteiger partial charge in [0, 0.05) is 44.5 Å². The molecule has 0 atom stereocenters. The topological polar surface area (TPSA) is 8.17 Å². The first-order valence-electron chi connectivity index (χ1n) is 26.5. The monoisotopic (exact) mass is 950 g/mol. The highest BCUT2D eigenvalue weighted by Crippen LogP contribution is 2.57. The summed E-state index contributed by atoms with van der Waals surface area (Å²) >= 11 is 0. The van der Waals surface area contributed by atoms with Gasteiger partial charge in [0.15, 0.2) is 0 Å². The maximum atomic E-state index is 2.57. The number of para-hydroxylation sites is 1. The van der Waals surface area contributed by atoms with Gasteiger partial charge < -0.3 is 9.47 Å². The quantitative estimate of drug-likeness (QED) is 0.155. The minimum atomic E-state index is -0.461. The second-order valence-corrected chi connectivity index (χ2v) is 22.4. The molecule has 0 N–H and O–H groups in total. The molecule has 2 nitrogen and oxygen atoms in total. The summed E-state index contributed by atoms with van der Waals surface area (Å²) < 4.78 is 2.57. The largest absolute Gasteiger partial charge is 0.313 e. The Hall–Kier alpha value is -8.46. The molecule has 0 radical (unpaired) electrons. The molecule has 0 spiro atoms. The summed E-state index contributed by atoms with van der Waals surface area (Å²) in [5, 5.41) is 3.77. The van der Waals surface area contributed by atoms with Gasteiger partial charge in [0.25, 0.3) is 0 Å².